The number of anilines is 1. The molecule has 0 fully saturated rings. The predicted octanol–water partition coefficient (Wildman–Crippen LogP) is 5.29. The van der Waals surface area contributed by atoms with Crippen molar-refractivity contribution in [2.75, 3.05) is 19.0 Å². The summed E-state index contributed by atoms with van der Waals surface area (Å²) in [5.41, 5.74) is 5.21. The molecule has 2 heteroatoms. The van der Waals surface area contributed by atoms with Gasteiger partial charge in [0.05, 0.1) is 5.56 Å². The van der Waals surface area contributed by atoms with Gasteiger partial charge in [0.15, 0.2) is 5.78 Å². The minimum Gasteiger partial charge on any atom is -0.377 e. The molecular formula is C23H21NO. The summed E-state index contributed by atoms with van der Waals surface area (Å²) in [6.45, 7) is 3.98. The third kappa shape index (κ3) is 3.24. The Hall–Kier alpha value is -3.13. The lowest BCUT2D eigenvalue weighted by atomic mass is 9.89. The quantitative estimate of drug-likeness (QED) is 0.593. The van der Waals surface area contributed by atoms with Crippen LogP contribution < -0.4 is 4.90 Å². The van der Waals surface area contributed by atoms with Crippen molar-refractivity contribution < 1.29 is 4.79 Å². The molecule has 0 heterocycles. The van der Waals surface area contributed by atoms with Crippen LogP contribution in [0.15, 0.2) is 79.4 Å². The Bertz CT molecular complexity index is 896. The lowest BCUT2D eigenvalue weighted by Gasteiger charge is -2.21. The number of hydrogen-bond donors (Lipinski definition) is 0. The highest BCUT2D eigenvalue weighted by Crippen LogP contribution is 2.34. The van der Waals surface area contributed by atoms with Gasteiger partial charge in [-0.3, -0.25) is 4.79 Å². The van der Waals surface area contributed by atoms with Crippen molar-refractivity contribution in [3.05, 3.63) is 96.1 Å². The number of nitrogens with zero attached hydrogens (tertiary/aromatic N) is 1. The summed E-state index contributed by atoms with van der Waals surface area (Å²) < 4.78 is 0. The van der Waals surface area contributed by atoms with Crippen LogP contribution in [0.3, 0.4) is 0 Å². The minimum atomic E-state index is 0.0111. The number of benzene rings is 3. The van der Waals surface area contributed by atoms with Gasteiger partial charge >= 0.3 is 0 Å². The lowest BCUT2D eigenvalue weighted by Crippen LogP contribution is -2.16. The molecule has 0 amide bonds. The number of carbonyl (C=O) groups excluding carboxylic acids is 1. The molecule has 0 radical (unpaired) electrons. The second-order valence-electron chi connectivity index (χ2n) is 6.08. The van der Waals surface area contributed by atoms with E-state index in [2.05, 4.69) is 24.8 Å². The Kier molecular flexibility index (Phi) is 4.80. The van der Waals surface area contributed by atoms with Crippen LogP contribution in [0.25, 0.3) is 17.2 Å². The van der Waals surface area contributed by atoms with Gasteiger partial charge in [-0.05, 0) is 22.8 Å². The van der Waals surface area contributed by atoms with E-state index in [1.54, 1.807) is 6.08 Å². The molecule has 3 aromatic rings. The van der Waals surface area contributed by atoms with E-state index in [-0.39, 0.29) is 5.78 Å². The highest BCUT2D eigenvalue weighted by atomic mass is 16.1. The molecule has 2 nitrogen and oxygen atoms in total. The fourth-order valence-electron chi connectivity index (χ4n) is 3.03. The highest BCUT2D eigenvalue weighted by molar-refractivity contribution is 6.15. The molecule has 0 aromatic heterocycles. The molecule has 0 aliphatic rings. The monoisotopic (exact) mass is 327 g/mol. The average Bonchev–Trinajstić information content (AvgIpc) is 2.67. The first-order chi connectivity index (χ1) is 12.1. The first-order valence-electron chi connectivity index (χ1n) is 8.25. The van der Waals surface area contributed by atoms with Crippen molar-refractivity contribution in [2.45, 2.75) is 0 Å². The van der Waals surface area contributed by atoms with E-state index in [9.17, 15) is 4.79 Å². The van der Waals surface area contributed by atoms with E-state index >= 15 is 0 Å². The Morgan fingerprint density at radius 1 is 0.880 bits per heavy atom. The fraction of sp³-hybridized carbons (Fsp3) is 0.0870. The van der Waals surface area contributed by atoms with E-state index in [0.717, 1.165) is 22.4 Å². The molecule has 25 heavy (non-hydrogen) atoms. The third-order valence-corrected chi connectivity index (χ3v) is 4.26. The molecule has 0 saturated carbocycles. The third-order valence-electron chi connectivity index (χ3n) is 4.26. The smallest absolute Gasteiger partial charge is 0.195 e. The highest BCUT2D eigenvalue weighted by Gasteiger charge is 2.21. The number of hydrogen-bond acceptors (Lipinski definition) is 2. The molecule has 0 bridgehead atoms. The van der Waals surface area contributed by atoms with Gasteiger partial charge in [-0.1, -0.05) is 79.4 Å². The van der Waals surface area contributed by atoms with Crippen LogP contribution in [0.1, 0.15) is 21.5 Å². The summed E-state index contributed by atoms with van der Waals surface area (Å²) in [6.07, 6.45) is 1.78. The van der Waals surface area contributed by atoms with Crippen molar-refractivity contribution in [1.82, 2.24) is 0 Å². The average molecular weight is 327 g/mol. The van der Waals surface area contributed by atoms with Crippen molar-refractivity contribution in [3.63, 3.8) is 0 Å². The van der Waals surface area contributed by atoms with Gasteiger partial charge in [-0.2, -0.15) is 0 Å². The Morgan fingerprint density at radius 2 is 1.48 bits per heavy atom. The van der Waals surface area contributed by atoms with E-state index in [1.807, 2.05) is 73.6 Å². The van der Waals surface area contributed by atoms with Crippen LogP contribution in [-0.4, -0.2) is 19.9 Å². The van der Waals surface area contributed by atoms with Gasteiger partial charge in [0.25, 0.3) is 0 Å². The van der Waals surface area contributed by atoms with E-state index in [0.29, 0.717) is 11.1 Å². The fourth-order valence-corrected chi connectivity index (χ4v) is 3.03. The molecule has 0 atom stereocenters. The molecule has 3 rings (SSSR count). The molecule has 0 unspecified atom stereocenters. The van der Waals surface area contributed by atoms with Gasteiger partial charge < -0.3 is 4.90 Å². The molecule has 0 aliphatic carbocycles. The van der Waals surface area contributed by atoms with Gasteiger partial charge in [-0.15, -0.1) is 0 Å². The molecule has 3 aromatic carbocycles. The zero-order chi connectivity index (χ0) is 17.8. The Morgan fingerprint density at radius 3 is 2.04 bits per heavy atom. The maximum Gasteiger partial charge on any atom is 0.195 e. The van der Waals surface area contributed by atoms with Crippen molar-refractivity contribution in [2.24, 2.45) is 0 Å². The van der Waals surface area contributed by atoms with Crippen LogP contribution in [0, 0.1) is 0 Å². The van der Waals surface area contributed by atoms with E-state index < -0.39 is 0 Å². The van der Waals surface area contributed by atoms with Crippen molar-refractivity contribution >= 4 is 17.5 Å². The molecule has 0 saturated heterocycles. The number of rotatable bonds is 5. The Balaban J connectivity index is 2.27. The first kappa shape index (κ1) is 16.7. The molecule has 0 N–H and O–H groups in total. The van der Waals surface area contributed by atoms with Crippen LogP contribution in [-0.2, 0) is 0 Å². The van der Waals surface area contributed by atoms with Crippen LogP contribution in [0.5, 0.6) is 0 Å². The largest absolute Gasteiger partial charge is 0.377 e. The summed E-state index contributed by atoms with van der Waals surface area (Å²) in [5.74, 6) is 0.0111. The number of ketones is 1. The molecule has 124 valence electrons. The first-order valence-corrected chi connectivity index (χ1v) is 8.25. The van der Waals surface area contributed by atoms with Crippen molar-refractivity contribution in [1.29, 1.82) is 0 Å². The Labute approximate surface area is 149 Å². The topological polar surface area (TPSA) is 20.3 Å². The minimum absolute atomic E-state index is 0.0111. The zero-order valence-electron chi connectivity index (χ0n) is 14.6. The summed E-state index contributed by atoms with van der Waals surface area (Å²) in [7, 11) is 3.90. The molecular weight excluding hydrogens is 306 g/mol. The molecule has 0 aliphatic heterocycles. The van der Waals surface area contributed by atoms with Gasteiger partial charge in [-0.25, -0.2) is 0 Å². The standard InChI is InChI=1S/C23H21NO/c1-4-19-20(17-11-7-5-8-12-17)15-16-21(24(2)3)22(19)23(25)18-13-9-6-10-14-18/h4-16H,1H2,2-3H3. The lowest BCUT2D eigenvalue weighted by molar-refractivity contribution is 0.103. The zero-order valence-corrected chi connectivity index (χ0v) is 14.6. The van der Waals surface area contributed by atoms with Crippen LogP contribution in [0.2, 0.25) is 0 Å². The SMILES string of the molecule is C=Cc1c(-c2ccccc2)ccc(N(C)C)c1C(=O)c1ccccc1. The second kappa shape index (κ2) is 7.18. The molecule has 0 spiro atoms. The van der Waals surface area contributed by atoms with Crippen LogP contribution in [0.4, 0.5) is 5.69 Å². The summed E-state index contributed by atoms with van der Waals surface area (Å²) in [5, 5.41) is 0. The predicted molar refractivity (Wildman–Crippen MR) is 106 cm³/mol. The van der Waals surface area contributed by atoms with Gasteiger partial charge in [0, 0.05) is 25.3 Å². The normalized spacial score (nSPS) is 10.3. The summed E-state index contributed by atoms with van der Waals surface area (Å²) in [6, 6.07) is 23.5. The maximum absolute atomic E-state index is 13.3. The summed E-state index contributed by atoms with van der Waals surface area (Å²) in [4.78, 5) is 15.2. The summed E-state index contributed by atoms with van der Waals surface area (Å²) >= 11 is 0. The van der Waals surface area contributed by atoms with Gasteiger partial charge in [0.1, 0.15) is 0 Å². The maximum atomic E-state index is 13.3. The van der Waals surface area contributed by atoms with E-state index in [4.69, 9.17) is 0 Å². The number of carbonyl (C=O) groups is 1. The van der Waals surface area contributed by atoms with Gasteiger partial charge in [0.2, 0.25) is 0 Å². The van der Waals surface area contributed by atoms with E-state index in [1.165, 1.54) is 0 Å². The second-order valence-corrected chi connectivity index (χ2v) is 6.08. The van der Waals surface area contributed by atoms with Crippen LogP contribution >= 0.6 is 0 Å². The van der Waals surface area contributed by atoms with Crippen molar-refractivity contribution in [3.8, 4) is 11.1 Å².